The third-order valence-electron chi connectivity index (χ3n) is 8.06. The quantitative estimate of drug-likeness (QED) is 0.257. The van der Waals surface area contributed by atoms with Crippen molar-refractivity contribution in [2.75, 3.05) is 13.7 Å². The van der Waals surface area contributed by atoms with E-state index in [0.717, 1.165) is 19.3 Å². The summed E-state index contributed by atoms with van der Waals surface area (Å²) in [4.78, 5) is 45.8. The van der Waals surface area contributed by atoms with E-state index in [1.807, 2.05) is 0 Å². The molecule has 1 saturated heterocycles. The summed E-state index contributed by atoms with van der Waals surface area (Å²) in [6.07, 6.45) is -0.782. The zero-order valence-electron chi connectivity index (χ0n) is 26.6. The first-order valence-corrected chi connectivity index (χ1v) is 15.3. The minimum atomic E-state index is -4.85. The molecule has 3 atom stereocenters. The Bertz CT molecular complexity index is 1430. The largest absolute Gasteiger partial charge is 0.573 e. The van der Waals surface area contributed by atoms with E-state index in [4.69, 9.17) is 14.2 Å². The number of carbonyl (C=O) groups is 3. The summed E-state index contributed by atoms with van der Waals surface area (Å²) in [5.74, 6) is -1.02. The number of ether oxygens (including phenoxy) is 4. The summed E-state index contributed by atoms with van der Waals surface area (Å²) in [5, 5.41) is 3.18. The second-order valence-corrected chi connectivity index (χ2v) is 12.8. The Morgan fingerprint density at radius 1 is 1.18 bits per heavy atom. The minimum absolute atomic E-state index is 0.0429. The predicted octanol–water partition coefficient (Wildman–Crippen LogP) is 6.14. The van der Waals surface area contributed by atoms with Crippen molar-refractivity contribution in [1.82, 2.24) is 15.2 Å². The van der Waals surface area contributed by atoms with Gasteiger partial charge in [-0.1, -0.05) is 32.6 Å². The molecule has 3 heterocycles. The number of benzene rings is 1. The summed E-state index contributed by atoms with van der Waals surface area (Å²) in [7, 11) is 1.25. The maximum Gasteiger partial charge on any atom is 0.573 e. The normalized spacial score (nSPS) is 20.4. The number of alkyl carbamates (subject to hydrolysis) is 1. The number of pyridine rings is 1. The van der Waals surface area contributed by atoms with Crippen LogP contribution in [0.3, 0.4) is 0 Å². The summed E-state index contributed by atoms with van der Waals surface area (Å²) >= 11 is 0. The van der Waals surface area contributed by atoms with Gasteiger partial charge < -0.3 is 29.2 Å². The zero-order valence-corrected chi connectivity index (χ0v) is 26.6. The van der Waals surface area contributed by atoms with E-state index < -0.39 is 47.6 Å². The Kier molecular flexibility index (Phi) is 10.1. The maximum atomic E-state index is 14.1. The number of hydrogen-bond donors (Lipinski definition) is 1. The number of aromatic nitrogens is 1. The van der Waals surface area contributed by atoms with E-state index in [9.17, 15) is 27.6 Å². The number of fused-ring (bicyclic) bond motifs is 3. The molecule has 1 N–H and O–H groups in total. The van der Waals surface area contributed by atoms with Crippen LogP contribution in [0, 0.1) is 6.92 Å². The highest BCUT2D eigenvalue weighted by Crippen LogP contribution is 2.45. The van der Waals surface area contributed by atoms with Gasteiger partial charge in [-0.15, -0.1) is 13.2 Å². The van der Waals surface area contributed by atoms with E-state index in [2.05, 4.69) is 22.0 Å². The van der Waals surface area contributed by atoms with Crippen molar-refractivity contribution in [3.63, 3.8) is 0 Å². The number of nitrogens with one attached hydrogen (secondary N) is 1. The fourth-order valence-corrected chi connectivity index (χ4v) is 6.09. The van der Waals surface area contributed by atoms with Crippen molar-refractivity contribution in [2.45, 2.75) is 116 Å². The number of halogens is 3. The number of nitrogens with zero attached hydrogens (tertiary/aromatic N) is 2. The molecule has 1 aromatic heterocycles. The Balaban J connectivity index is 1.63. The van der Waals surface area contributed by atoms with Crippen LogP contribution in [0.1, 0.15) is 83.9 Å². The molecule has 1 fully saturated rings. The topological polar surface area (TPSA) is 116 Å². The predicted molar refractivity (Wildman–Crippen MR) is 159 cm³/mol. The SMILES string of the molecule is CCCCCCC(NC(=O)OC(C)(C)C)C(=O)N1CC2(CCc3c(c(C)nc4ccc(OC(F)(F)F)cc34)O2)CC1C(=O)OC. The van der Waals surface area contributed by atoms with Gasteiger partial charge in [0.15, 0.2) is 0 Å². The van der Waals surface area contributed by atoms with Gasteiger partial charge in [0.05, 0.1) is 24.9 Å². The van der Waals surface area contributed by atoms with Crippen LogP contribution in [-0.2, 0) is 25.5 Å². The zero-order chi connectivity index (χ0) is 33.2. The molecule has 248 valence electrons. The van der Waals surface area contributed by atoms with Gasteiger partial charge >= 0.3 is 18.4 Å². The molecule has 10 nitrogen and oxygen atoms in total. The van der Waals surface area contributed by atoms with Gasteiger partial charge in [-0.2, -0.15) is 0 Å². The molecule has 2 aromatic rings. The lowest BCUT2D eigenvalue weighted by Gasteiger charge is -2.36. The van der Waals surface area contributed by atoms with Gasteiger partial charge in [0.25, 0.3) is 0 Å². The Morgan fingerprint density at radius 2 is 1.91 bits per heavy atom. The Hall–Kier alpha value is -3.77. The molecule has 0 radical (unpaired) electrons. The fraction of sp³-hybridized carbons (Fsp3) is 0.625. The van der Waals surface area contributed by atoms with Crippen molar-refractivity contribution in [3.05, 3.63) is 29.5 Å². The van der Waals surface area contributed by atoms with Crippen molar-refractivity contribution < 1.29 is 46.5 Å². The van der Waals surface area contributed by atoms with E-state index in [1.165, 1.54) is 30.2 Å². The second kappa shape index (κ2) is 13.3. The van der Waals surface area contributed by atoms with E-state index in [-0.39, 0.29) is 18.7 Å². The molecule has 4 rings (SSSR count). The lowest BCUT2D eigenvalue weighted by atomic mass is 9.87. The number of hydrogen-bond acceptors (Lipinski definition) is 8. The summed E-state index contributed by atoms with van der Waals surface area (Å²) in [5.41, 5.74) is -0.0579. The molecule has 13 heteroatoms. The lowest BCUT2D eigenvalue weighted by Crippen LogP contribution is -2.53. The van der Waals surface area contributed by atoms with Crippen LogP contribution in [0.15, 0.2) is 18.2 Å². The maximum absolute atomic E-state index is 14.1. The van der Waals surface area contributed by atoms with Crippen LogP contribution in [0.25, 0.3) is 10.9 Å². The molecule has 2 amide bonds. The summed E-state index contributed by atoms with van der Waals surface area (Å²) in [6.45, 7) is 9.04. The highest BCUT2D eigenvalue weighted by Gasteiger charge is 2.53. The highest BCUT2D eigenvalue weighted by atomic mass is 19.4. The number of esters is 1. The van der Waals surface area contributed by atoms with Crippen LogP contribution < -0.4 is 14.8 Å². The standard InChI is InChI=1S/C32H42F3N3O7/c1-7-8-9-10-11-24(37-29(41)45-30(3,4)5)27(39)38-18-31(17-25(38)28(40)42-6)15-14-21-22-16-20(43-32(33,34)35)12-13-23(22)36-19(2)26(21)44-31/h12-13,16,24-25H,7-11,14-15,17-18H2,1-6H3,(H,37,41). The average molecular weight is 638 g/mol. The number of aryl methyl sites for hydroxylation is 2. The third-order valence-corrected chi connectivity index (χ3v) is 8.06. The highest BCUT2D eigenvalue weighted by molar-refractivity contribution is 5.91. The van der Waals surface area contributed by atoms with Crippen LogP contribution >= 0.6 is 0 Å². The number of unbranched alkanes of at least 4 members (excludes halogenated alkanes) is 3. The van der Waals surface area contributed by atoms with Gasteiger partial charge in [-0.05, 0) is 65.2 Å². The number of amides is 2. The van der Waals surface area contributed by atoms with E-state index >= 15 is 0 Å². The first-order chi connectivity index (χ1) is 21.0. The van der Waals surface area contributed by atoms with Crippen molar-refractivity contribution in [2.24, 2.45) is 0 Å². The molecule has 2 aliphatic rings. The lowest BCUT2D eigenvalue weighted by molar-refractivity contribution is -0.274. The van der Waals surface area contributed by atoms with Crippen molar-refractivity contribution >= 4 is 28.9 Å². The molecule has 0 saturated carbocycles. The monoisotopic (exact) mass is 637 g/mol. The number of alkyl halides is 3. The molecule has 45 heavy (non-hydrogen) atoms. The number of methoxy groups -OCH3 is 1. The molecule has 0 bridgehead atoms. The van der Waals surface area contributed by atoms with Gasteiger partial charge in [0.1, 0.15) is 34.8 Å². The van der Waals surface area contributed by atoms with Gasteiger partial charge in [0.2, 0.25) is 5.91 Å². The molecular weight excluding hydrogens is 595 g/mol. The average Bonchev–Trinajstić information content (AvgIpc) is 3.31. The van der Waals surface area contributed by atoms with Crippen molar-refractivity contribution in [3.8, 4) is 11.5 Å². The van der Waals surface area contributed by atoms with Gasteiger partial charge in [-0.25, -0.2) is 14.6 Å². The minimum Gasteiger partial charge on any atom is -0.483 e. The number of likely N-dealkylation sites (tertiary alicyclic amines) is 1. The van der Waals surface area contributed by atoms with Gasteiger partial charge in [-0.3, -0.25) is 4.79 Å². The first kappa shape index (κ1) is 34.1. The molecule has 2 aliphatic heterocycles. The Morgan fingerprint density at radius 3 is 2.56 bits per heavy atom. The number of carbonyl (C=O) groups excluding carboxylic acids is 3. The second-order valence-electron chi connectivity index (χ2n) is 12.8. The van der Waals surface area contributed by atoms with Crippen LogP contribution in [0.4, 0.5) is 18.0 Å². The van der Waals surface area contributed by atoms with Crippen molar-refractivity contribution in [1.29, 1.82) is 0 Å². The summed E-state index contributed by atoms with van der Waals surface area (Å²) < 4.78 is 59.9. The molecular formula is C32H42F3N3O7. The Labute approximate surface area is 260 Å². The van der Waals surface area contributed by atoms with Crippen LogP contribution in [-0.4, -0.2) is 71.2 Å². The molecule has 1 aromatic carbocycles. The van der Waals surface area contributed by atoms with Crippen LogP contribution in [0.5, 0.6) is 11.5 Å². The number of rotatable bonds is 9. The van der Waals surface area contributed by atoms with Gasteiger partial charge in [0, 0.05) is 17.4 Å². The molecule has 3 unspecified atom stereocenters. The first-order valence-electron chi connectivity index (χ1n) is 15.3. The van der Waals surface area contributed by atoms with E-state index in [0.29, 0.717) is 53.6 Å². The van der Waals surface area contributed by atoms with Crippen LogP contribution in [0.2, 0.25) is 0 Å². The summed E-state index contributed by atoms with van der Waals surface area (Å²) in [6, 6.07) is 2.07. The molecule has 0 aliphatic carbocycles. The van der Waals surface area contributed by atoms with E-state index in [1.54, 1.807) is 27.7 Å². The smallest absolute Gasteiger partial charge is 0.483 e. The fourth-order valence-electron chi connectivity index (χ4n) is 6.09. The third kappa shape index (κ3) is 8.29. The molecule has 1 spiro atoms.